The van der Waals surface area contributed by atoms with Crippen LogP contribution in [0.2, 0.25) is 4.34 Å². The molecule has 0 fully saturated rings. The normalized spacial score (nSPS) is 16.2. The van der Waals surface area contributed by atoms with E-state index in [-0.39, 0.29) is 11.9 Å². The number of rotatable bonds is 3. The van der Waals surface area contributed by atoms with E-state index >= 15 is 0 Å². The summed E-state index contributed by atoms with van der Waals surface area (Å²) in [5.41, 5.74) is 2.11. The lowest BCUT2D eigenvalue weighted by Crippen LogP contribution is -2.27. The lowest BCUT2D eigenvalue weighted by atomic mass is 10.1. The Hall–Kier alpha value is -2.18. The fourth-order valence-corrected chi connectivity index (χ4v) is 4.40. The molecule has 4 nitrogen and oxygen atoms in total. The third-order valence-corrected chi connectivity index (χ3v) is 5.52. The van der Waals surface area contributed by atoms with Crippen LogP contribution in [-0.4, -0.2) is 16.1 Å². The van der Waals surface area contributed by atoms with Crippen molar-refractivity contribution in [1.82, 2.24) is 15.5 Å². The van der Waals surface area contributed by atoms with E-state index in [4.69, 9.17) is 11.6 Å². The van der Waals surface area contributed by atoms with Gasteiger partial charge < -0.3 is 5.32 Å². The molecular formula is C17H13ClFN3OS. The number of carbonyl (C=O) groups excluding carboxylic acids is 1. The Morgan fingerprint density at radius 3 is 3.08 bits per heavy atom. The zero-order chi connectivity index (χ0) is 16.7. The molecule has 1 aliphatic carbocycles. The molecule has 7 heteroatoms. The Kier molecular flexibility index (Phi) is 3.86. The van der Waals surface area contributed by atoms with Crippen LogP contribution in [0.15, 0.2) is 36.5 Å². The minimum atomic E-state index is -0.399. The molecule has 2 heterocycles. The number of aromatic amines is 1. The molecule has 0 saturated carbocycles. The lowest BCUT2D eigenvalue weighted by Gasteiger charge is -2.13. The molecule has 0 aliphatic heterocycles. The summed E-state index contributed by atoms with van der Waals surface area (Å²) in [5, 5.41) is 9.64. The van der Waals surface area contributed by atoms with Crippen molar-refractivity contribution in [2.24, 2.45) is 0 Å². The number of H-pyrrole nitrogens is 1. The van der Waals surface area contributed by atoms with Crippen molar-refractivity contribution >= 4 is 28.8 Å². The van der Waals surface area contributed by atoms with E-state index in [1.165, 1.54) is 17.1 Å². The largest absolute Gasteiger partial charge is 0.345 e. The molecule has 4 rings (SSSR count). The Morgan fingerprint density at radius 1 is 1.42 bits per heavy atom. The first kappa shape index (κ1) is 15.4. The average molecular weight is 362 g/mol. The number of halogens is 2. The van der Waals surface area contributed by atoms with Crippen LogP contribution in [-0.2, 0) is 6.42 Å². The number of benzene rings is 1. The van der Waals surface area contributed by atoms with Crippen molar-refractivity contribution in [1.29, 1.82) is 0 Å². The average Bonchev–Trinajstić information content (AvgIpc) is 3.25. The molecule has 2 aromatic heterocycles. The summed E-state index contributed by atoms with van der Waals surface area (Å²) in [6.07, 6.45) is 3.17. The first-order valence-electron chi connectivity index (χ1n) is 7.50. The van der Waals surface area contributed by atoms with Crippen molar-refractivity contribution < 1.29 is 9.18 Å². The summed E-state index contributed by atoms with van der Waals surface area (Å²) in [6, 6.07) is 8.14. The van der Waals surface area contributed by atoms with Gasteiger partial charge in [-0.05, 0) is 36.6 Å². The highest BCUT2D eigenvalue weighted by molar-refractivity contribution is 7.16. The number of amides is 1. The maximum Gasteiger partial charge on any atom is 0.255 e. The highest BCUT2D eigenvalue weighted by Crippen LogP contribution is 2.39. The van der Waals surface area contributed by atoms with Crippen LogP contribution in [0.4, 0.5) is 4.39 Å². The number of carbonyl (C=O) groups is 1. The molecule has 0 saturated heterocycles. The highest BCUT2D eigenvalue weighted by atomic mass is 35.5. The van der Waals surface area contributed by atoms with E-state index in [1.807, 2.05) is 6.07 Å². The Morgan fingerprint density at radius 2 is 2.25 bits per heavy atom. The molecule has 1 atom stereocenters. The highest BCUT2D eigenvalue weighted by Gasteiger charge is 2.28. The topological polar surface area (TPSA) is 57.8 Å². The SMILES string of the molecule is O=C(NC1CCc2sc(Cl)cc21)c1cn[nH]c1-c1ccccc1F. The molecule has 1 aliphatic rings. The maximum atomic E-state index is 14.0. The van der Waals surface area contributed by atoms with E-state index < -0.39 is 5.82 Å². The first-order chi connectivity index (χ1) is 11.6. The second-order valence-corrected chi connectivity index (χ2v) is 7.40. The van der Waals surface area contributed by atoms with Gasteiger partial charge in [0.15, 0.2) is 0 Å². The Balaban J connectivity index is 1.61. The van der Waals surface area contributed by atoms with Gasteiger partial charge >= 0.3 is 0 Å². The molecule has 122 valence electrons. The Bertz CT molecular complexity index is 920. The minimum Gasteiger partial charge on any atom is -0.345 e. The number of hydrogen-bond donors (Lipinski definition) is 2. The third-order valence-electron chi connectivity index (χ3n) is 4.18. The Labute approximate surface area is 146 Å². The van der Waals surface area contributed by atoms with Crippen LogP contribution in [0.5, 0.6) is 0 Å². The number of nitrogens with one attached hydrogen (secondary N) is 2. The molecule has 24 heavy (non-hydrogen) atoms. The number of fused-ring (bicyclic) bond motifs is 1. The van der Waals surface area contributed by atoms with E-state index in [0.717, 1.165) is 22.7 Å². The van der Waals surface area contributed by atoms with Gasteiger partial charge in [-0.1, -0.05) is 23.7 Å². The number of thiophene rings is 1. The summed E-state index contributed by atoms with van der Waals surface area (Å²) < 4.78 is 14.7. The van der Waals surface area contributed by atoms with Crippen LogP contribution in [0.3, 0.4) is 0 Å². The van der Waals surface area contributed by atoms with Gasteiger partial charge in [0, 0.05) is 10.4 Å². The third kappa shape index (κ3) is 2.61. The lowest BCUT2D eigenvalue weighted by molar-refractivity contribution is 0.0937. The molecule has 1 aromatic carbocycles. The second kappa shape index (κ2) is 6.03. The molecule has 2 N–H and O–H groups in total. The van der Waals surface area contributed by atoms with E-state index in [0.29, 0.717) is 16.8 Å². The standard InChI is InChI=1S/C17H13ClFN3OS/c18-15-7-10-13(5-6-14(10)24-15)21-17(23)11-8-20-22-16(11)9-3-1-2-4-12(9)19/h1-4,7-8,13H,5-6H2,(H,20,22)(H,21,23). The molecular weight excluding hydrogens is 349 g/mol. The zero-order valence-electron chi connectivity index (χ0n) is 12.5. The molecule has 0 bridgehead atoms. The molecule has 0 radical (unpaired) electrons. The van der Waals surface area contributed by atoms with Gasteiger partial charge in [-0.3, -0.25) is 9.89 Å². The quantitative estimate of drug-likeness (QED) is 0.728. The number of aryl methyl sites for hydroxylation is 1. The van der Waals surface area contributed by atoms with Gasteiger partial charge in [-0.25, -0.2) is 4.39 Å². The maximum absolute atomic E-state index is 14.0. The van der Waals surface area contributed by atoms with Gasteiger partial charge in [0.2, 0.25) is 0 Å². The summed E-state index contributed by atoms with van der Waals surface area (Å²) in [6.45, 7) is 0. The van der Waals surface area contributed by atoms with Gasteiger partial charge in [0.25, 0.3) is 5.91 Å². The number of hydrogen-bond acceptors (Lipinski definition) is 3. The van der Waals surface area contributed by atoms with Gasteiger partial charge in [0.05, 0.1) is 27.8 Å². The fraction of sp³-hybridized carbons (Fsp3) is 0.176. The van der Waals surface area contributed by atoms with Crippen molar-refractivity contribution in [3.63, 3.8) is 0 Å². The molecule has 1 amide bonds. The van der Waals surface area contributed by atoms with Crippen LogP contribution < -0.4 is 5.32 Å². The predicted molar refractivity (Wildman–Crippen MR) is 91.8 cm³/mol. The zero-order valence-corrected chi connectivity index (χ0v) is 14.0. The summed E-state index contributed by atoms with van der Waals surface area (Å²) in [4.78, 5) is 13.9. The van der Waals surface area contributed by atoms with E-state index in [9.17, 15) is 9.18 Å². The summed E-state index contributed by atoms with van der Waals surface area (Å²) in [5.74, 6) is -0.675. The smallest absolute Gasteiger partial charge is 0.255 e. The number of nitrogens with zero attached hydrogens (tertiary/aromatic N) is 1. The van der Waals surface area contributed by atoms with Crippen molar-refractivity contribution in [2.75, 3.05) is 0 Å². The van der Waals surface area contributed by atoms with Gasteiger partial charge in [-0.2, -0.15) is 5.10 Å². The fourth-order valence-electron chi connectivity index (χ4n) is 3.04. The molecule has 3 aromatic rings. The van der Waals surface area contributed by atoms with Crippen LogP contribution in [0, 0.1) is 5.82 Å². The summed E-state index contributed by atoms with van der Waals surface area (Å²) in [7, 11) is 0. The summed E-state index contributed by atoms with van der Waals surface area (Å²) >= 11 is 7.60. The predicted octanol–water partition coefficient (Wildman–Crippen LogP) is 4.35. The monoisotopic (exact) mass is 361 g/mol. The van der Waals surface area contributed by atoms with Crippen LogP contribution in [0.25, 0.3) is 11.3 Å². The van der Waals surface area contributed by atoms with Gasteiger partial charge in [-0.15, -0.1) is 11.3 Å². The van der Waals surface area contributed by atoms with Crippen LogP contribution >= 0.6 is 22.9 Å². The van der Waals surface area contributed by atoms with Crippen LogP contribution in [0.1, 0.15) is 33.3 Å². The van der Waals surface area contributed by atoms with Crippen molar-refractivity contribution in [2.45, 2.75) is 18.9 Å². The first-order valence-corrected chi connectivity index (χ1v) is 8.70. The van der Waals surface area contributed by atoms with E-state index in [2.05, 4.69) is 15.5 Å². The van der Waals surface area contributed by atoms with Crippen molar-refractivity contribution in [3.05, 3.63) is 62.7 Å². The number of aromatic nitrogens is 2. The van der Waals surface area contributed by atoms with Gasteiger partial charge in [0.1, 0.15) is 5.82 Å². The van der Waals surface area contributed by atoms with Crippen molar-refractivity contribution in [3.8, 4) is 11.3 Å². The minimum absolute atomic E-state index is 0.0698. The second-order valence-electron chi connectivity index (χ2n) is 5.63. The van der Waals surface area contributed by atoms with E-state index in [1.54, 1.807) is 29.5 Å². The molecule has 1 unspecified atom stereocenters. The molecule has 0 spiro atoms.